The van der Waals surface area contributed by atoms with Crippen molar-refractivity contribution in [2.45, 2.75) is 17.7 Å². The fourth-order valence-corrected chi connectivity index (χ4v) is 7.53. The van der Waals surface area contributed by atoms with Crippen molar-refractivity contribution in [2.24, 2.45) is 5.92 Å². The minimum Gasteiger partial charge on any atom is -0.497 e. The largest absolute Gasteiger partial charge is 0.497 e. The maximum Gasteiger partial charge on any atom is 0.261 e. The van der Waals surface area contributed by atoms with E-state index in [-0.39, 0.29) is 37.0 Å². The third kappa shape index (κ3) is 5.45. The molecule has 11 heteroatoms. The summed E-state index contributed by atoms with van der Waals surface area (Å²) < 4.78 is 33.1. The van der Waals surface area contributed by atoms with Crippen molar-refractivity contribution in [2.75, 3.05) is 38.2 Å². The number of nitrogens with zero attached hydrogens (tertiary/aromatic N) is 3. The highest BCUT2D eigenvalue weighted by molar-refractivity contribution is 7.89. The Morgan fingerprint density at radius 3 is 2.05 bits per heavy atom. The summed E-state index contributed by atoms with van der Waals surface area (Å²) in [6.07, 6.45) is 0.657. The van der Waals surface area contributed by atoms with Gasteiger partial charge < -0.3 is 9.64 Å². The summed E-state index contributed by atoms with van der Waals surface area (Å²) in [4.78, 5) is 44.0. The molecule has 2 aliphatic heterocycles. The molecular weight excluding hydrogens is 602 g/mol. The highest BCUT2D eigenvalue weighted by atomic mass is 35.5. The predicted molar refractivity (Wildman–Crippen MR) is 168 cm³/mol. The molecule has 6 rings (SSSR count). The minimum absolute atomic E-state index is 0.00997. The number of anilines is 1. The molecule has 9 nitrogen and oxygen atoms in total. The number of imide groups is 1. The van der Waals surface area contributed by atoms with Crippen LogP contribution in [-0.4, -0.2) is 68.6 Å². The summed E-state index contributed by atoms with van der Waals surface area (Å²) in [6.45, 7) is 0.428. The fourth-order valence-electron chi connectivity index (χ4n) is 5.93. The van der Waals surface area contributed by atoms with Crippen molar-refractivity contribution in [3.8, 4) is 5.75 Å². The molecule has 0 spiro atoms. The number of methoxy groups -OCH3 is 1. The van der Waals surface area contributed by atoms with Crippen LogP contribution < -0.4 is 9.64 Å². The quantitative estimate of drug-likeness (QED) is 0.247. The van der Waals surface area contributed by atoms with E-state index in [0.29, 0.717) is 45.8 Å². The van der Waals surface area contributed by atoms with E-state index in [2.05, 4.69) is 0 Å². The number of piperidine rings is 1. The Morgan fingerprint density at radius 1 is 0.886 bits per heavy atom. The second-order valence-corrected chi connectivity index (χ2v) is 13.2. The second-order valence-electron chi connectivity index (χ2n) is 10.8. The topological polar surface area (TPSA) is 104 Å². The highest BCUT2D eigenvalue weighted by Gasteiger charge is 2.36. The van der Waals surface area contributed by atoms with Gasteiger partial charge in [0.05, 0.1) is 12.0 Å². The third-order valence-electron chi connectivity index (χ3n) is 8.31. The lowest BCUT2D eigenvalue weighted by molar-refractivity contribution is -0.123. The Labute approximate surface area is 260 Å². The van der Waals surface area contributed by atoms with Crippen LogP contribution in [0, 0.1) is 5.92 Å². The molecule has 0 bridgehead atoms. The Kier molecular flexibility index (Phi) is 8.15. The number of amides is 3. The van der Waals surface area contributed by atoms with Gasteiger partial charge in [0.2, 0.25) is 15.9 Å². The molecule has 3 amide bonds. The summed E-state index contributed by atoms with van der Waals surface area (Å²) >= 11 is 5.93. The molecule has 0 N–H and O–H groups in total. The smallest absolute Gasteiger partial charge is 0.261 e. The zero-order valence-corrected chi connectivity index (χ0v) is 25.6. The summed E-state index contributed by atoms with van der Waals surface area (Å²) in [5.74, 6) is -0.827. The average Bonchev–Trinajstić information content (AvgIpc) is 3.05. The minimum atomic E-state index is -3.73. The summed E-state index contributed by atoms with van der Waals surface area (Å²) in [7, 11) is -2.18. The Balaban J connectivity index is 1.21. The Hall–Kier alpha value is -4.25. The van der Waals surface area contributed by atoms with Crippen LogP contribution in [-0.2, 0) is 14.8 Å². The van der Waals surface area contributed by atoms with Gasteiger partial charge in [0, 0.05) is 59.3 Å². The van der Waals surface area contributed by atoms with Crippen molar-refractivity contribution >= 4 is 55.8 Å². The number of sulfonamides is 1. The molecule has 1 fully saturated rings. The van der Waals surface area contributed by atoms with E-state index in [0.717, 1.165) is 5.39 Å². The van der Waals surface area contributed by atoms with Crippen LogP contribution in [0.2, 0.25) is 5.02 Å². The second kappa shape index (κ2) is 12.0. The summed E-state index contributed by atoms with van der Waals surface area (Å²) in [5.41, 5.74) is 1.50. The molecule has 0 aromatic heterocycles. The number of carbonyl (C=O) groups excluding carboxylic acids is 3. The first-order chi connectivity index (χ1) is 21.2. The van der Waals surface area contributed by atoms with Crippen molar-refractivity contribution in [3.05, 3.63) is 101 Å². The molecule has 4 aromatic carbocycles. The van der Waals surface area contributed by atoms with Gasteiger partial charge in [-0.2, -0.15) is 4.31 Å². The molecule has 0 aliphatic carbocycles. The standard InChI is InChI=1S/C33H30ClN3O6S/c1-43-26-12-10-25(11-13-26)36(20-21-37-32(39)28-6-2-4-22-5-3-7-29(30(22)28)33(37)40)31(38)23-16-18-35(19-17-23)44(41,42)27-14-8-24(34)9-15-27/h2-15,23H,16-21H2,1H3. The molecule has 2 heterocycles. The highest BCUT2D eigenvalue weighted by Crippen LogP contribution is 2.31. The molecule has 44 heavy (non-hydrogen) atoms. The van der Waals surface area contributed by atoms with E-state index in [9.17, 15) is 22.8 Å². The van der Waals surface area contributed by atoms with E-state index in [1.807, 2.05) is 12.1 Å². The van der Waals surface area contributed by atoms with Crippen molar-refractivity contribution in [3.63, 3.8) is 0 Å². The van der Waals surface area contributed by atoms with E-state index in [1.54, 1.807) is 60.5 Å². The lowest BCUT2D eigenvalue weighted by Gasteiger charge is -2.35. The van der Waals surface area contributed by atoms with Gasteiger partial charge in [-0.05, 0) is 78.9 Å². The zero-order valence-electron chi connectivity index (χ0n) is 24.0. The van der Waals surface area contributed by atoms with E-state index >= 15 is 0 Å². The fraction of sp³-hybridized carbons (Fsp3) is 0.242. The van der Waals surface area contributed by atoms with Gasteiger partial charge in [-0.3, -0.25) is 19.3 Å². The molecule has 0 saturated carbocycles. The number of carbonyl (C=O) groups is 3. The maximum atomic E-state index is 14.0. The summed E-state index contributed by atoms with van der Waals surface area (Å²) in [5, 5.41) is 1.91. The average molecular weight is 632 g/mol. The van der Waals surface area contributed by atoms with Crippen LogP contribution in [0.5, 0.6) is 5.75 Å². The van der Waals surface area contributed by atoms with Crippen LogP contribution in [0.15, 0.2) is 89.8 Å². The number of halogens is 1. The van der Waals surface area contributed by atoms with Gasteiger partial charge in [0.15, 0.2) is 0 Å². The van der Waals surface area contributed by atoms with Crippen molar-refractivity contribution < 1.29 is 27.5 Å². The molecule has 0 atom stereocenters. The number of ether oxygens (including phenoxy) is 1. The van der Waals surface area contributed by atoms with Crippen molar-refractivity contribution in [1.29, 1.82) is 0 Å². The zero-order chi connectivity index (χ0) is 31.0. The molecule has 0 radical (unpaired) electrons. The predicted octanol–water partition coefficient (Wildman–Crippen LogP) is 5.23. The first-order valence-electron chi connectivity index (χ1n) is 14.3. The number of rotatable bonds is 8. The first kappa shape index (κ1) is 29.8. The van der Waals surface area contributed by atoms with Gasteiger partial charge in [0.25, 0.3) is 11.8 Å². The Morgan fingerprint density at radius 2 is 1.48 bits per heavy atom. The van der Waals surface area contributed by atoms with Gasteiger partial charge in [-0.25, -0.2) is 8.42 Å². The lowest BCUT2D eigenvalue weighted by Crippen LogP contribution is -2.48. The van der Waals surface area contributed by atoms with E-state index in [1.165, 1.54) is 33.5 Å². The van der Waals surface area contributed by atoms with Crippen LogP contribution in [0.3, 0.4) is 0 Å². The van der Waals surface area contributed by atoms with Crippen LogP contribution in [0.25, 0.3) is 10.8 Å². The molecule has 226 valence electrons. The number of hydrogen-bond donors (Lipinski definition) is 0. The van der Waals surface area contributed by atoms with E-state index < -0.39 is 27.8 Å². The molecule has 0 unspecified atom stereocenters. The van der Waals surface area contributed by atoms with E-state index in [4.69, 9.17) is 16.3 Å². The third-order valence-corrected chi connectivity index (χ3v) is 10.5. The molecule has 2 aliphatic rings. The van der Waals surface area contributed by atoms with Crippen LogP contribution >= 0.6 is 11.6 Å². The summed E-state index contributed by atoms with van der Waals surface area (Å²) in [6, 6.07) is 23.8. The van der Waals surface area contributed by atoms with Gasteiger partial charge >= 0.3 is 0 Å². The molecule has 1 saturated heterocycles. The van der Waals surface area contributed by atoms with Crippen LogP contribution in [0.4, 0.5) is 5.69 Å². The monoisotopic (exact) mass is 631 g/mol. The maximum absolute atomic E-state index is 14.0. The van der Waals surface area contributed by atoms with Crippen molar-refractivity contribution in [1.82, 2.24) is 9.21 Å². The van der Waals surface area contributed by atoms with Gasteiger partial charge in [-0.1, -0.05) is 35.9 Å². The molecular formula is C33H30ClN3O6S. The van der Waals surface area contributed by atoms with Crippen LogP contribution in [0.1, 0.15) is 33.6 Å². The molecule has 4 aromatic rings. The first-order valence-corrected chi connectivity index (χ1v) is 16.1. The van der Waals surface area contributed by atoms with Gasteiger partial charge in [-0.15, -0.1) is 0 Å². The number of benzene rings is 4. The normalized spacial score (nSPS) is 15.9. The Bertz CT molecular complexity index is 1800. The lowest BCUT2D eigenvalue weighted by atomic mass is 9.94. The number of hydrogen-bond acceptors (Lipinski definition) is 6. The SMILES string of the molecule is COc1ccc(N(CCN2C(=O)c3cccc4cccc(c34)C2=O)C(=O)C2CCN(S(=O)(=O)c3ccc(Cl)cc3)CC2)cc1. The van der Waals surface area contributed by atoms with Gasteiger partial charge in [0.1, 0.15) is 5.75 Å².